The van der Waals surface area contributed by atoms with E-state index < -0.39 is 9.84 Å². The first kappa shape index (κ1) is 19.0. The third-order valence-corrected chi connectivity index (χ3v) is 7.69. The van der Waals surface area contributed by atoms with Crippen LogP contribution in [0.3, 0.4) is 0 Å². The Bertz CT molecular complexity index is 748. The van der Waals surface area contributed by atoms with Gasteiger partial charge in [-0.15, -0.1) is 11.8 Å². The molecular formula is C17H23ClN2O3S2. The van der Waals surface area contributed by atoms with Crippen molar-refractivity contribution < 1.29 is 13.2 Å². The van der Waals surface area contributed by atoms with Gasteiger partial charge in [-0.1, -0.05) is 18.0 Å². The van der Waals surface area contributed by atoms with E-state index in [1.54, 1.807) is 12.1 Å². The normalized spacial score (nSPS) is 26.5. The van der Waals surface area contributed by atoms with E-state index in [0.29, 0.717) is 10.6 Å². The van der Waals surface area contributed by atoms with Crippen LogP contribution < -0.4 is 5.32 Å². The van der Waals surface area contributed by atoms with E-state index >= 15 is 0 Å². The van der Waals surface area contributed by atoms with Crippen molar-refractivity contribution in [1.82, 2.24) is 10.2 Å². The molecule has 1 amide bonds. The number of carbonyl (C=O) groups is 1. The molecule has 2 unspecified atom stereocenters. The summed E-state index contributed by atoms with van der Waals surface area (Å²) in [5, 5.41) is 3.32. The number of benzene rings is 1. The second-order valence-corrected chi connectivity index (χ2v) is 10.1. The zero-order valence-electron chi connectivity index (χ0n) is 14.2. The van der Waals surface area contributed by atoms with Gasteiger partial charge >= 0.3 is 0 Å². The molecule has 2 aliphatic rings. The number of amides is 1. The first-order valence-corrected chi connectivity index (χ1v) is 11.9. The van der Waals surface area contributed by atoms with Crippen LogP contribution in [0.25, 0.3) is 0 Å². The highest BCUT2D eigenvalue weighted by Gasteiger charge is 2.42. The fourth-order valence-corrected chi connectivity index (χ4v) is 6.22. The molecule has 3 rings (SSSR count). The fraction of sp³-hybridized carbons (Fsp3) is 0.588. The zero-order valence-corrected chi connectivity index (χ0v) is 16.6. The number of nitrogens with one attached hydrogen (secondary N) is 1. The van der Waals surface area contributed by atoms with Crippen LogP contribution in [0.5, 0.6) is 0 Å². The summed E-state index contributed by atoms with van der Waals surface area (Å²) in [6.07, 6.45) is 5.28. The predicted octanol–water partition coefficient (Wildman–Crippen LogP) is 2.44. The van der Waals surface area contributed by atoms with E-state index in [1.165, 1.54) is 18.2 Å². The van der Waals surface area contributed by atoms with Gasteiger partial charge in [0.2, 0.25) is 0 Å². The van der Waals surface area contributed by atoms with E-state index in [9.17, 15) is 13.2 Å². The highest BCUT2D eigenvalue weighted by atomic mass is 35.5. The Labute approximate surface area is 158 Å². The number of sulfone groups is 1. The Hall–Kier alpha value is -0.760. The molecule has 0 aromatic heterocycles. The molecule has 0 bridgehead atoms. The van der Waals surface area contributed by atoms with Crippen LogP contribution in [-0.4, -0.2) is 62.2 Å². The van der Waals surface area contributed by atoms with Gasteiger partial charge in [-0.3, -0.25) is 9.69 Å². The first-order valence-electron chi connectivity index (χ1n) is 8.48. The van der Waals surface area contributed by atoms with Crippen LogP contribution in [0.4, 0.5) is 0 Å². The number of likely N-dealkylation sites (tertiary alicyclic amines) is 1. The van der Waals surface area contributed by atoms with E-state index in [-0.39, 0.29) is 29.5 Å². The average Bonchev–Trinajstić information content (AvgIpc) is 2.90. The largest absolute Gasteiger partial charge is 0.347 e. The van der Waals surface area contributed by atoms with E-state index in [0.717, 1.165) is 30.8 Å². The van der Waals surface area contributed by atoms with Crippen molar-refractivity contribution in [1.29, 1.82) is 0 Å². The van der Waals surface area contributed by atoms with E-state index in [2.05, 4.69) is 10.2 Å². The average molecular weight is 403 g/mol. The third-order valence-electron chi connectivity index (χ3n) is 4.92. The molecule has 1 aromatic rings. The number of piperidine rings is 1. The number of hydrogen-bond donors (Lipinski definition) is 1. The molecule has 0 aliphatic carbocycles. The highest BCUT2D eigenvalue weighted by molar-refractivity contribution is 7.98. The summed E-state index contributed by atoms with van der Waals surface area (Å²) >= 11 is 7.71. The van der Waals surface area contributed by atoms with Crippen LogP contribution in [-0.2, 0) is 9.84 Å². The van der Waals surface area contributed by atoms with Crippen LogP contribution >= 0.6 is 23.4 Å². The van der Waals surface area contributed by atoms with E-state index in [1.807, 2.05) is 12.3 Å². The third kappa shape index (κ3) is 4.51. The second-order valence-electron chi connectivity index (χ2n) is 6.67. The van der Waals surface area contributed by atoms with Crippen LogP contribution in [0.15, 0.2) is 23.1 Å². The van der Waals surface area contributed by atoms with Crippen LogP contribution in [0.2, 0.25) is 5.02 Å². The Morgan fingerprint density at radius 1 is 1.24 bits per heavy atom. The van der Waals surface area contributed by atoms with Crippen molar-refractivity contribution in [2.45, 2.75) is 36.2 Å². The lowest BCUT2D eigenvalue weighted by Crippen LogP contribution is -2.52. The molecule has 2 atom stereocenters. The maximum absolute atomic E-state index is 12.7. The minimum absolute atomic E-state index is 0.000254. The molecule has 25 heavy (non-hydrogen) atoms. The number of rotatable bonds is 4. The van der Waals surface area contributed by atoms with Crippen molar-refractivity contribution in [2.75, 3.05) is 30.9 Å². The maximum Gasteiger partial charge on any atom is 0.253 e. The Morgan fingerprint density at radius 2 is 1.96 bits per heavy atom. The standard InChI is InChI=1S/C17H23ClN2O3S2/c1-24-12-5-6-14(18)13(9-12)17(21)19-15-10-25(22,23)11-16(15)20-7-3-2-4-8-20/h5-6,9,15-16H,2-4,7-8,10-11H2,1H3,(H,19,21). The molecule has 2 saturated heterocycles. The van der Waals surface area contributed by atoms with Crippen molar-refractivity contribution in [3.05, 3.63) is 28.8 Å². The molecule has 8 heteroatoms. The van der Waals surface area contributed by atoms with Crippen LogP contribution in [0.1, 0.15) is 29.6 Å². The summed E-state index contributed by atoms with van der Waals surface area (Å²) in [4.78, 5) is 15.9. The molecule has 138 valence electrons. The summed E-state index contributed by atoms with van der Waals surface area (Å²) in [7, 11) is -3.14. The molecule has 1 aromatic carbocycles. The molecule has 5 nitrogen and oxygen atoms in total. The highest BCUT2D eigenvalue weighted by Crippen LogP contribution is 2.25. The van der Waals surface area contributed by atoms with Gasteiger partial charge in [0.05, 0.1) is 28.1 Å². The second kappa shape index (κ2) is 7.86. The molecule has 1 N–H and O–H groups in total. The number of halogens is 1. The van der Waals surface area contributed by atoms with E-state index in [4.69, 9.17) is 11.6 Å². The van der Waals surface area contributed by atoms with Gasteiger partial charge in [-0.2, -0.15) is 0 Å². The Balaban J connectivity index is 1.78. The molecule has 0 saturated carbocycles. The molecule has 0 spiro atoms. The quantitative estimate of drug-likeness (QED) is 0.783. The lowest BCUT2D eigenvalue weighted by Gasteiger charge is -2.35. The van der Waals surface area contributed by atoms with Gasteiger partial charge in [0, 0.05) is 10.9 Å². The van der Waals surface area contributed by atoms with Crippen molar-refractivity contribution in [2.24, 2.45) is 0 Å². The molecule has 0 radical (unpaired) electrons. The lowest BCUT2D eigenvalue weighted by atomic mass is 10.0. The smallest absolute Gasteiger partial charge is 0.253 e. The summed E-state index contributed by atoms with van der Waals surface area (Å²) in [6.45, 7) is 1.80. The van der Waals surface area contributed by atoms with Gasteiger partial charge < -0.3 is 5.32 Å². The first-order chi connectivity index (χ1) is 11.9. The summed E-state index contributed by atoms with van der Waals surface area (Å²) in [5.74, 6) is -0.180. The molecule has 2 aliphatic heterocycles. The van der Waals surface area contributed by atoms with Gasteiger partial charge in [0.1, 0.15) is 0 Å². The molecular weight excluding hydrogens is 380 g/mol. The molecule has 2 heterocycles. The predicted molar refractivity (Wildman–Crippen MR) is 102 cm³/mol. The zero-order chi connectivity index (χ0) is 18.0. The number of hydrogen-bond acceptors (Lipinski definition) is 5. The fourth-order valence-electron chi connectivity index (χ4n) is 3.63. The molecule has 2 fully saturated rings. The monoisotopic (exact) mass is 402 g/mol. The summed E-state index contributed by atoms with van der Waals surface area (Å²) in [6, 6.07) is 4.79. The minimum Gasteiger partial charge on any atom is -0.347 e. The summed E-state index contributed by atoms with van der Waals surface area (Å²) < 4.78 is 24.3. The van der Waals surface area contributed by atoms with Gasteiger partial charge in [0.25, 0.3) is 5.91 Å². The van der Waals surface area contributed by atoms with Gasteiger partial charge in [-0.25, -0.2) is 8.42 Å². The Kier molecular flexibility index (Phi) is 5.98. The van der Waals surface area contributed by atoms with Crippen molar-refractivity contribution in [3.8, 4) is 0 Å². The van der Waals surface area contributed by atoms with Gasteiger partial charge in [-0.05, 0) is 50.4 Å². The SMILES string of the molecule is CSc1ccc(Cl)c(C(=O)NC2CS(=O)(=O)CC2N2CCCCC2)c1. The topological polar surface area (TPSA) is 66.5 Å². The Morgan fingerprint density at radius 3 is 2.64 bits per heavy atom. The number of carbonyl (C=O) groups excluding carboxylic acids is 1. The summed E-state index contributed by atoms with van der Waals surface area (Å²) in [5.41, 5.74) is 0.398. The van der Waals surface area contributed by atoms with Crippen molar-refractivity contribution in [3.63, 3.8) is 0 Å². The number of thioether (sulfide) groups is 1. The lowest BCUT2D eigenvalue weighted by molar-refractivity contribution is 0.0900. The number of nitrogens with zero attached hydrogens (tertiary/aromatic N) is 1. The maximum atomic E-state index is 12.7. The van der Waals surface area contributed by atoms with Gasteiger partial charge in [0.15, 0.2) is 9.84 Å². The van der Waals surface area contributed by atoms with Crippen LogP contribution in [0, 0.1) is 0 Å². The van der Waals surface area contributed by atoms with Crippen molar-refractivity contribution >= 4 is 39.1 Å². The minimum atomic E-state index is -3.14.